The lowest BCUT2D eigenvalue weighted by molar-refractivity contribution is 0.0179. The monoisotopic (exact) mass is 276 g/mol. The smallest absolute Gasteiger partial charge is 0.123 e. The molecule has 0 aliphatic carbocycles. The molecule has 2 atom stereocenters. The van der Waals surface area contributed by atoms with E-state index in [0.29, 0.717) is 18.1 Å². The number of fused-ring (bicyclic) bond motifs is 2. The van der Waals surface area contributed by atoms with Gasteiger partial charge in [-0.15, -0.1) is 0 Å². The van der Waals surface area contributed by atoms with E-state index in [1.165, 1.54) is 38.2 Å². The van der Waals surface area contributed by atoms with E-state index < -0.39 is 0 Å². The highest BCUT2D eigenvalue weighted by molar-refractivity contribution is 5.17. The molecule has 3 heteroatoms. The molecule has 3 rings (SSSR count). The molecule has 1 N–H and O–H groups in total. The standard InChI is InChI=1S/C17H25FN2/c1-2-19-15-10-16-7-4-8-17(11-15)20(16)12-13-5-3-6-14(18)9-13/h3,5-6,9,15-17,19H,2,4,7-8,10-12H2,1H3. The molecule has 2 saturated heterocycles. The molecule has 0 saturated carbocycles. The van der Waals surface area contributed by atoms with Crippen molar-refractivity contribution in [3.8, 4) is 0 Å². The second-order valence-corrected chi connectivity index (χ2v) is 6.27. The minimum atomic E-state index is -0.116. The maximum Gasteiger partial charge on any atom is 0.123 e. The van der Waals surface area contributed by atoms with Gasteiger partial charge >= 0.3 is 0 Å². The van der Waals surface area contributed by atoms with E-state index >= 15 is 0 Å². The molecule has 2 aliphatic heterocycles. The molecular formula is C17H25FN2. The Kier molecular flexibility index (Phi) is 4.37. The molecule has 0 radical (unpaired) electrons. The van der Waals surface area contributed by atoms with Crippen LogP contribution in [0, 0.1) is 5.82 Å². The number of benzene rings is 1. The summed E-state index contributed by atoms with van der Waals surface area (Å²) in [6.45, 7) is 4.16. The van der Waals surface area contributed by atoms with Gasteiger partial charge in [0.05, 0.1) is 0 Å². The van der Waals surface area contributed by atoms with Crippen LogP contribution in [0.15, 0.2) is 24.3 Å². The Bertz CT molecular complexity index is 434. The normalized spacial score (nSPS) is 30.4. The zero-order chi connectivity index (χ0) is 13.9. The van der Waals surface area contributed by atoms with Crippen molar-refractivity contribution in [3.05, 3.63) is 35.6 Å². The van der Waals surface area contributed by atoms with E-state index in [4.69, 9.17) is 0 Å². The first-order valence-electron chi connectivity index (χ1n) is 8.00. The predicted molar refractivity (Wildman–Crippen MR) is 80.1 cm³/mol. The third-order valence-electron chi connectivity index (χ3n) is 4.87. The summed E-state index contributed by atoms with van der Waals surface area (Å²) in [5.41, 5.74) is 1.11. The summed E-state index contributed by atoms with van der Waals surface area (Å²) in [5.74, 6) is -0.116. The maximum atomic E-state index is 13.3. The highest BCUT2D eigenvalue weighted by atomic mass is 19.1. The molecule has 1 aromatic carbocycles. The van der Waals surface area contributed by atoms with Crippen molar-refractivity contribution < 1.29 is 4.39 Å². The van der Waals surface area contributed by atoms with E-state index in [2.05, 4.69) is 23.2 Å². The van der Waals surface area contributed by atoms with Crippen LogP contribution in [0.25, 0.3) is 0 Å². The number of halogens is 1. The van der Waals surface area contributed by atoms with Crippen LogP contribution in [0.1, 0.15) is 44.6 Å². The van der Waals surface area contributed by atoms with Crippen molar-refractivity contribution in [2.45, 2.75) is 63.7 Å². The van der Waals surface area contributed by atoms with E-state index in [9.17, 15) is 4.39 Å². The quantitative estimate of drug-likeness (QED) is 0.907. The van der Waals surface area contributed by atoms with Crippen LogP contribution in [0.4, 0.5) is 4.39 Å². The van der Waals surface area contributed by atoms with Crippen LogP contribution in [-0.2, 0) is 6.54 Å². The number of rotatable bonds is 4. The van der Waals surface area contributed by atoms with Crippen LogP contribution in [0.5, 0.6) is 0 Å². The van der Waals surface area contributed by atoms with Gasteiger partial charge in [-0.1, -0.05) is 25.5 Å². The highest BCUT2D eigenvalue weighted by Gasteiger charge is 2.37. The molecular weight excluding hydrogens is 251 g/mol. The van der Waals surface area contributed by atoms with E-state index in [1.807, 2.05) is 6.07 Å². The number of hydrogen-bond acceptors (Lipinski definition) is 2. The fourth-order valence-electron chi connectivity index (χ4n) is 4.04. The maximum absolute atomic E-state index is 13.3. The van der Waals surface area contributed by atoms with Gasteiger partial charge in [-0.2, -0.15) is 0 Å². The van der Waals surface area contributed by atoms with Crippen molar-refractivity contribution in [3.63, 3.8) is 0 Å². The van der Waals surface area contributed by atoms with Crippen LogP contribution < -0.4 is 5.32 Å². The van der Waals surface area contributed by atoms with Gasteiger partial charge in [0.2, 0.25) is 0 Å². The van der Waals surface area contributed by atoms with Gasteiger partial charge in [0.25, 0.3) is 0 Å². The Morgan fingerprint density at radius 3 is 2.65 bits per heavy atom. The molecule has 0 spiro atoms. The first-order valence-corrected chi connectivity index (χ1v) is 8.00. The predicted octanol–water partition coefficient (Wildman–Crippen LogP) is 3.32. The van der Waals surface area contributed by atoms with Crippen molar-refractivity contribution >= 4 is 0 Å². The summed E-state index contributed by atoms with van der Waals surface area (Å²) in [6.07, 6.45) is 6.45. The van der Waals surface area contributed by atoms with Gasteiger partial charge in [-0.25, -0.2) is 4.39 Å². The number of hydrogen-bond donors (Lipinski definition) is 1. The van der Waals surface area contributed by atoms with Crippen molar-refractivity contribution in [1.29, 1.82) is 0 Å². The van der Waals surface area contributed by atoms with Crippen LogP contribution in [0.2, 0.25) is 0 Å². The number of nitrogens with one attached hydrogen (secondary N) is 1. The zero-order valence-corrected chi connectivity index (χ0v) is 12.3. The Labute approximate surface area is 121 Å². The molecule has 1 aromatic rings. The summed E-state index contributed by atoms with van der Waals surface area (Å²) < 4.78 is 13.3. The summed E-state index contributed by atoms with van der Waals surface area (Å²) in [7, 11) is 0. The van der Waals surface area contributed by atoms with Gasteiger partial charge in [-0.3, -0.25) is 4.90 Å². The van der Waals surface area contributed by atoms with Gasteiger partial charge < -0.3 is 5.32 Å². The van der Waals surface area contributed by atoms with Gasteiger partial charge in [-0.05, 0) is 49.9 Å². The topological polar surface area (TPSA) is 15.3 Å². The lowest BCUT2D eigenvalue weighted by atomic mass is 9.81. The first kappa shape index (κ1) is 14.0. The first-order chi connectivity index (χ1) is 9.76. The molecule has 0 aromatic heterocycles. The molecule has 0 amide bonds. The molecule has 2 aliphatic rings. The number of nitrogens with zero attached hydrogens (tertiary/aromatic N) is 1. The Morgan fingerprint density at radius 2 is 2.00 bits per heavy atom. The lowest BCUT2D eigenvalue weighted by Gasteiger charge is -2.49. The molecule has 2 heterocycles. The summed E-state index contributed by atoms with van der Waals surface area (Å²) in [4.78, 5) is 2.63. The van der Waals surface area contributed by atoms with Crippen molar-refractivity contribution in [2.24, 2.45) is 0 Å². The van der Waals surface area contributed by atoms with Gasteiger partial charge in [0.15, 0.2) is 0 Å². The van der Waals surface area contributed by atoms with E-state index in [0.717, 1.165) is 18.7 Å². The Morgan fingerprint density at radius 1 is 1.25 bits per heavy atom. The lowest BCUT2D eigenvalue weighted by Crippen LogP contribution is -2.55. The summed E-state index contributed by atoms with van der Waals surface area (Å²) in [6, 6.07) is 9.12. The minimum absolute atomic E-state index is 0.116. The average Bonchev–Trinajstić information content (AvgIpc) is 2.40. The average molecular weight is 276 g/mol. The van der Waals surface area contributed by atoms with Crippen LogP contribution >= 0.6 is 0 Å². The SMILES string of the molecule is CCNC1CC2CCCC(C1)N2Cc1cccc(F)c1. The third kappa shape index (κ3) is 3.04. The van der Waals surface area contributed by atoms with Crippen LogP contribution in [0.3, 0.4) is 0 Å². The Hall–Kier alpha value is -0.930. The second-order valence-electron chi connectivity index (χ2n) is 6.27. The molecule has 110 valence electrons. The molecule has 20 heavy (non-hydrogen) atoms. The van der Waals surface area contributed by atoms with Gasteiger partial charge in [0.1, 0.15) is 5.82 Å². The van der Waals surface area contributed by atoms with E-state index in [1.54, 1.807) is 6.07 Å². The second kappa shape index (κ2) is 6.23. The van der Waals surface area contributed by atoms with Crippen molar-refractivity contribution in [1.82, 2.24) is 10.2 Å². The van der Waals surface area contributed by atoms with Gasteiger partial charge in [0, 0.05) is 24.7 Å². The van der Waals surface area contributed by atoms with Crippen LogP contribution in [-0.4, -0.2) is 29.6 Å². The highest BCUT2D eigenvalue weighted by Crippen LogP contribution is 2.35. The Balaban J connectivity index is 1.70. The summed E-state index contributed by atoms with van der Waals surface area (Å²) in [5, 5.41) is 3.62. The fraction of sp³-hybridized carbons (Fsp3) is 0.647. The van der Waals surface area contributed by atoms with Crippen molar-refractivity contribution in [2.75, 3.05) is 6.54 Å². The molecule has 2 bridgehead atoms. The molecule has 2 nitrogen and oxygen atoms in total. The summed E-state index contributed by atoms with van der Waals surface area (Å²) >= 11 is 0. The third-order valence-corrected chi connectivity index (χ3v) is 4.87. The van der Waals surface area contributed by atoms with E-state index in [-0.39, 0.29) is 5.82 Å². The fourth-order valence-corrected chi connectivity index (χ4v) is 4.04. The minimum Gasteiger partial charge on any atom is -0.314 e. The number of piperidine rings is 2. The largest absolute Gasteiger partial charge is 0.314 e. The molecule has 2 fully saturated rings. The molecule has 2 unspecified atom stereocenters. The zero-order valence-electron chi connectivity index (χ0n) is 12.3.